The molecule has 11 heteroatoms. The Balaban J connectivity index is 1.59. The summed E-state index contributed by atoms with van der Waals surface area (Å²) in [5, 5.41) is 11.8. The zero-order valence-corrected chi connectivity index (χ0v) is 17.6. The van der Waals surface area contributed by atoms with Crippen molar-refractivity contribution in [3.8, 4) is 11.9 Å². The Hall–Kier alpha value is -3.26. The summed E-state index contributed by atoms with van der Waals surface area (Å²) in [7, 11) is -3.76. The number of nitrogens with zero attached hydrogens (tertiary/aromatic N) is 2. The van der Waals surface area contributed by atoms with Gasteiger partial charge < -0.3 is 10.1 Å². The number of alkyl halides is 3. The number of ether oxygens (including phenoxy) is 1. The number of fused-ring (bicyclic) bond motifs is 2. The van der Waals surface area contributed by atoms with Crippen molar-refractivity contribution in [1.82, 2.24) is 4.72 Å². The van der Waals surface area contributed by atoms with Crippen molar-refractivity contribution in [2.45, 2.75) is 49.8 Å². The molecular weight excluding hydrogens is 445 g/mol. The van der Waals surface area contributed by atoms with Crippen molar-refractivity contribution in [3.05, 3.63) is 52.6 Å². The summed E-state index contributed by atoms with van der Waals surface area (Å²) in [6.45, 7) is 0. The Kier molecular flexibility index (Phi) is 5.73. The number of hydrogen-bond acceptors (Lipinski definition) is 5. The summed E-state index contributed by atoms with van der Waals surface area (Å²) in [4.78, 5) is 12.7. The molecule has 2 aliphatic rings. The topological polar surface area (TPSA) is 104 Å². The summed E-state index contributed by atoms with van der Waals surface area (Å²) in [6, 6.07) is 5.38. The van der Waals surface area contributed by atoms with E-state index >= 15 is 0 Å². The average Bonchev–Trinajstić information content (AvgIpc) is 3.36. The molecule has 0 aromatic heterocycles. The number of amides is 2. The number of rotatable bonds is 4. The molecule has 0 bridgehead atoms. The third-order valence-electron chi connectivity index (χ3n) is 5.49. The molecule has 2 amide bonds. The molecule has 2 N–H and O–H groups in total. The van der Waals surface area contributed by atoms with Crippen molar-refractivity contribution < 1.29 is 26.9 Å². The van der Waals surface area contributed by atoms with E-state index in [2.05, 4.69) is 25.2 Å². The number of nitrogens with one attached hydrogen (secondary N) is 2. The van der Waals surface area contributed by atoms with Crippen LogP contribution in [0.1, 0.15) is 35.1 Å². The Morgan fingerprint density at radius 3 is 2.19 bits per heavy atom. The highest BCUT2D eigenvalue weighted by molar-refractivity contribution is 7.92. The quantitative estimate of drug-likeness (QED) is 0.645. The molecule has 0 aliphatic heterocycles. The Morgan fingerprint density at radius 1 is 1.06 bits per heavy atom. The lowest BCUT2D eigenvalue weighted by Gasteiger charge is -2.17. The maximum absolute atomic E-state index is 13.2. The highest BCUT2D eigenvalue weighted by atomic mass is 32.2. The van der Waals surface area contributed by atoms with Crippen LogP contribution in [0.2, 0.25) is 0 Å². The summed E-state index contributed by atoms with van der Waals surface area (Å²) in [5.74, 6) is -0.528. The van der Waals surface area contributed by atoms with Gasteiger partial charge in [-0.2, -0.15) is 5.26 Å². The van der Waals surface area contributed by atoms with Gasteiger partial charge in [0.05, 0.1) is 4.90 Å². The first-order valence-corrected chi connectivity index (χ1v) is 11.5. The number of anilines is 1. The van der Waals surface area contributed by atoms with Crippen LogP contribution in [0.4, 0.5) is 23.7 Å². The lowest BCUT2D eigenvalue weighted by atomic mass is 9.99. The number of benzene rings is 2. The second-order valence-corrected chi connectivity index (χ2v) is 9.44. The number of nitriles is 1. The fourth-order valence-electron chi connectivity index (χ4n) is 4.25. The van der Waals surface area contributed by atoms with Crippen molar-refractivity contribution >= 4 is 21.6 Å². The Labute approximate surface area is 182 Å². The third kappa shape index (κ3) is 4.50. The van der Waals surface area contributed by atoms with Crippen LogP contribution in [0.25, 0.3) is 0 Å². The lowest BCUT2D eigenvalue weighted by Crippen LogP contribution is -2.34. The van der Waals surface area contributed by atoms with E-state index in [4.69, 9.17) is 5.26 Å². The maximum Gasteiger partial charge on any atom is 0.573 e. The van der Waals surface area contributed by atoms with Crippen molar-refractivity contribution in [3.63, 3.8) is 0 Å². The lowest BCUT2D eigenvalue weighted by molar-refractivity contribution is -0.274. The number of carbonyl (C=O) groups is 1. The average molecular weight is 464 g/mol. The van der Waals surface area contributed by atoms with E-state index in [0.29, 0.717) is 0 Å². The van der Waals surface area contributed by atoms with Gasteiger partial charge >= 0.3 is 12.4 Å². The molecule has 0 heterocycles. The summed E-state index contributed by atoms with van der Waals surface area (Å²) in [6.07, 6.45) is 2.04. The molecule has 0 radical (unpaired) electrons. The molecular formula is C21H19F3N4O3S. The summed E-state index contributed by atoms with van der Waals surface area (Å²) < 4.78 is 59.7. The van der Waals surface area contributed by atoms with Gasteiger partial charge in [0, 0.05) is 5.69 Å². The summed E-state index contributed by atoms with van der Waals surface area (Å²) >= 11 is 0. The number of carbonyl (C=O) groups excluding carboxylic acids is 1. The molecule has 168 valence electrons. The van der Waals surface area contributed by atoms with Crippen LogP contribution in [-0.4, -0.2) is 16.6 Å². The minimum Gasteiger partial charge on any atom is -0.406 e. The van der Waals surface area contributed by atoms with E-state index in [1.807, 2.05) is 0 Å². The van der Waals surface area contributed by atoms with E-state index in [0.717, 1.165) is 79.6 Å². The van der Waals surface area contributed by atoms with Gasteiger partial charge in [0.25, 0.3) is 0 Å². The fourth-order valence-corrected chi connectivity index (χ4v) is 5.44. The van der Waals surface area contributed by atoms with Crippen molar-refractivity contribution in [2.24, 2.45) is 4.36 Å². The maximum atomic E-state index is 13.2. The van der Waals surface area contributed by atoms with Crippen LogP contribution >= 0.6 is 0 Å². The minimum atomic E-state index is -4.88. The van der Waals surface area contributed by atoms with Gasteiger partial charge in [-0.25, -0.2) is 13.7 Å². The normalized spacial score (nSPS) is 16.3. The first kappa shape index (κ1) is 22.0. The molecule has 4 rings (SSSR count). The fraction of sp³-hybridized carbons (Fsp3) is 0.333. The molecule has 32 heavy (non-hydrogen) atoms. The van der Waals surface area contributed by atoms with Gasteiger partial charge in [-0.15, -0.1) is 13.2 Å². The van der Waals surface area contributed by atoms with Crippen molar-refractivity contribution in [1.29, 1.82) is 5.26 Å². The second kappa shape index (κ2) is 8.35. The highest BCUT2D eigenvalue weighted by Gasteiger charge is 2.31. The number of halogens is 3. The molecule has 0 saturated heterocycles. The SMILES string of the molecule is N#CN=S(=O)(NC(=O)Nc1c2c(cc3c1CCC3)CCC2)c1ccc(OC(F)(F)F)cc1. The first-order chi connectivity index (χ1) is 15.2. The summed E-state index contributed by atoms with van der Waals surface area (Å²) in [5.41, 5.74) is 5.25. The second-order valence-electron chi connectivity index (χ2n) is 7.53. The number of aryl methyl sites for hydroxylation is 2. The van der Waals surface area contributed by atoms with E-state index in [-0.39, 0.29) is 4.90 Å². The molecule has 1 atom stereocenters. The molecule has 0 fully saturated rings. The molecule has 7 nitrogen and oxygen atoms in total. The van der Waals surface area contributed by atoms with Crippen LogP contribution in [0, 0.1) is 11.5 Å². The van der Waals surface area contributed by atoms with Crippen LogP contribution < -0.4 is 14.8 Å². The van der Waals surface area contributed by atoms with Crippen LogP contribution in [0.15, 0.2) is 39.6 Å². The monoisotopic (exact) mass is 464 g/mol. The van der Waals surface area contributed by atoms with Gasteiger partial charge in [-0.05, 0) is 85.0 Å². The molecule has 1 unspecified atom stereocenters. The van der Waals surface area contributed by atoms with Gasteiger partial charge in [0.15, 0.2) is 9.92 Å². The van der Waals surface area contributed by atoms with Gasteiger partial charge in [0.2, 0.25) is 6.19 Å². The smallest absolute Gasteiger partial charge is 0.406 e. The third-order valence-corrected chi connectivity index (χ3v) is 7.20. The zero-order valence-electron chi connectivity index (χ0n) is 16.8. The van der Waals surface area contributed by atoms with Crippen molar-refractivity contribution in [2.75, 3.05) is 5.32 Å². The number of urea groups is 1. The highest BCUT2D eigenvalue weighted by Crippen LogP contribution is 2.38. The Bertz CT molecular complexity index is 1190. The van der Waals surface area contributed by atoms with E-state index in [1.54, 1.807) is 0 Å². The molecule has 0 spiro atoms. The van der Waals surface area contributed by atoms with E-state index in [1.165, 1.54) is 17.3 Å². The van der Waals surface area contributed by atoms with E-state index < -0.39 is 28.1 Å². The van der Waals surface area contributed by atoms with Gasteiger partial charge in [-0.3, -0.25) is 0 Å². The molecule has 2 aliphatic carbocycles. The van der Waals surface area contributed by atoms with Crippen LogP contribution in [0.5, 0.6) is 5.75 Å². The first-order valence-electron chi connectivity index (χ1n) is 9.95. The predicted octanol–water partition coefficient (Wildman–Crippen LogP) is 4.61. The number of hydrogen-bond donors (Lipinski definition) is 2. The van der Waals surface area contributed by atoms with E-state index in [9.17, 15) is 22.2 Å². The largest absolute Gasteiger partial charge is 0.573 e. The zero-order chi connectivity index (χ0) is 22.9. The van der Waals surface area contributed by atoms with Gasteiger partial charge in [0.1, 0.15) is 5.75 Å². The molecule has 2 aromatic rings. The van der Waals surface area contributed by atoms with Gasteiger partial charge in [-0.1, -0.05) is 10.4 Å². The molecule has 0 saturated carbocycles. The Morgan fingerprint density at radius 2 is 1.66 bits per heavy atom. The molecule has 2 aromatic carbocycles. The minimum absolute atomic E-state index is 0.132. The predicted molar refractivity (Wildman–Crippen MR) is 110 cm³/mol. The van der Waals surface area contributed by atoms with Crippen LogP contribution in [-0.2, 0) is 35.6 Å². The standard InChI is InChI=1S/C21H19F3N4O3S/c22-21(23,24)31-15-7-9-16(10-8-15)32(30,26-12-25)28-20(29)27-19-17-5-1-3-13(17)11-14-4-2-6-18(14)19/h7-11H,1-6H2,(H2,26,27,28,29,30). The van der Waals surface area contributed by atoms with Crippen LogP contribution in [0.3, 0.4) is 0 Å².